The van der Waals surface area contributed by atoms with Crippen LogP contribution >= 0.6 is 0 Å². The zero-order chi connectivity index (χ0) is 31.8. The summed E-state index contributed by atoms with van der Waals surface area (Å²) in [6, 6.07) is 22.8. The van der Waals surface area contributed by atoms with E-state index in [0.717, 1.165) is 17.2 Å². The quantitative estimate of drug-likeness (QED) is 0.181. The van der Waals surface area contributed by atoms with E-state index >= 15 is 0 Å². The highest BCUT2D eigenvalue weighted by Crippen LogP contribution is 2.33. The van der Waals surface area contributed by atoms with Gasteiger partial charge in [-0.2, -0.15) is 5.10 Å². The fourth-order valence-corrected chi connectivity index (χ4v) is 5.93. The average Bonchev–Trinajstić information content (AvgIpc) is 3.68. The van der Waals surface area contributed by atoms with Crippen molar-refractivity contribution in [1.29, 1.82) is 0 Å². The van der Waals surface area contributed by atoms with E-state index in [1.165, 1.54) is 12.1 Å². The number of fused-ring (bicyclic) bond motifs is 2. The standard InChI is InChI=1S/C34H26FN7O3S/c1-46(44,45)11-10-20-12-22(14-24(35)13-20)26-8-5-9-28-31(26)40-33(39-28)32-27-16-29(37-19-30(27)41-42-32)23-15-25(18-36-17-23)38-34(43)21-6-3-2-4-7-21/h2-9,12-19H,10-11H2,1H3,(H,38,43)(H,39,40)(H,41,42). The van der Waals surface area contributed by atoms with Gasteiger partial charge in [0.1, 0.15) is 21.3 Å². The van der Waals surface area contributed by atoms with Gasteiger partial charge in [0.05, 0.1) is 46.1 Å². The highest BCUT2D eigenvalue weighted by atomic mass is 32.2. The van der Waals surface area contributed by atoms with Gasteiger partial charge in [0, 0.05) is 34.5 Å². The Morgan fingerprint density at radius 1 is 0.913 bits per heavy atom. The second-order valence-corrected chi connectivity index (χ2v) is 13.2. The maximum absolute atomic E-state index is 14.7. The van der Waals surface area contributed by atoms with E-state index in [9.17, 15) is 17.6 Å². The van der Waals surface area contributed by atoms with Crippen molar-refractivity contribution in [2.45, 2.75) is 6.42 Å². The second kappa shape index (κ2) is 11.6. The first-order valence-electron chi connectivity index (χ1n) is 14.3. The number of nitrogens with one attached hydrogen (secondary N) is 3. The Morgan fingerprint density at radius 3 is 2.59 bits per heavy atom. The van der Waals surface area contributed by atoms with Crippen molar-refractivity contribution < 1.29 is 17.6 Å². The average molecular weight is 632 g/mol. The monoisotopic (exact) mass is 631 g/mol. The topological polar surface area (TPSA) is 146 Å². The van der Waals surface area contributed by atoms with Gasteiger partial charge in [0.15, 0.2) is 5.82 Å². The molecule has 1 amide bonds. The molecule has 0 saturated carbocycles. The van der Waals surface area contributed by atoms with E-state index in [0.29, 0.717) is 61.8 Å². The summed E-state index contributed by atoms with van der Waals surface area (Å²) in [5.41, 5.74) is 6.87. The largest absolute Gasteiger partial charge is 0.337 e. The molecule has 0 aliphatic carbocycles. The van der Waals surface area contributed by atoms with Crippen molar-refractivity contribution in [3.8, 4) is 33.9 Å². The molecule has 7 rings (SSSR count). The van der Waals surface area contributed by atoms with E-state index in [2.05, 4.69) is 30.5 Å². The first kappa shape index (κ1) is 29.0. The third-order valence-electron chi connectivity index (χ3n) is 7.54. The molecule has 0 aliphatic heterocycles. The maximum Gasteiger partial charge on any atom is 0.255 e. The molecule has 0 bridgehead atoms. The third-order valence-corrected chi connectivity index (χ3v) is 8.49. The van der Waals surface area contributed by atoms with E-state index < -0.39 is 15.7 Å². The van der Waals surface area contributed by atoms with Crippen molar-refractivity contribution in [2.24, 2.45) is 0 Å². The van der Waals surface area contributed by atoms with Crippen LogP contribution in [0, 0.1) is 5.82 Å². The summed E-state index contributed by atoms with van der Waals surface area (Å²) in [7, 11) is -3.20. The molecule has 46 heavy (non-hydrogen) atoms. The number of amides is 1. The molecule has 0 aliphatic rings. The number of hydrogen-bond acceptors (Lipinski definition) is 7. The van der Waals surface area contributed by atoms with Crippen LogP contribution in [0.3, 0.4) is 0 Å². The van der Waals surface area contributed by atoms with E-state index in [-0.39, 0.29) is 18.1 Å². The lowest BCUT2D eigenvalue weighted by molar-refractivity contribution is 0.102. The van der Waals surface area contributed by atoms with Crippen LogP contribution in [0.15, 0.2) is 97.5 Å². The number of aryl methyl sites for hydroxylation is 1. The highest BCUT2D eigenvalue weighted by Gasteiger charge is 2.17. The molecule has 0 radical (unpaired) electrons. The predicted molar refractivity (Wildman–Crippen MR) is 175 cm³/mol. The lowest BCUT2D eigenvalue weighted by Crippen LogP contribution is -2.11. The van der Waals surface area contributed by atoms with Gasteiger partial charge in [-0.15, -0.1) is 0 Å². The minimum atomic E-state index is -3.20. The summed E-state index contributed by atoms with van der Waals surface area (Å²) in [6.07, 6.45) is 6.29. The number of anilines is 1. The number of pyridine rings is 2. The SMILES string of the molecule is CS(=O)(=O)CCc1cc(F)cc(-c2cccc3[nH]c(-c4n[nH]c5cnc(-c6cncc(NC(=O)c7ccccc7)c6)cc45)nc23)c1. The Labute approximate surface area is 262 Å². The van der Waals surface area contributed by atoms with Crippen LogP contribution in [0.1, 0.15) is 15.9 Å². The van der Waals surface area contributed by atoms with Crippen molar-refractivity contribution >= 4 is 43.4 Å². The van der Waals surface area contributed by atoms with Crippen molar-refractivity contribution in [2.75, 3.05) is 17.3 Å². The fraction of sp³-hybridized carbons (Fsp3) is 0.0882. The number of nitrogens with zero attached hydrogens (tertiary/aromatic N) is 4. The predicted octanol–water partition coefficient (Wildman–Crippen LogP) is 6.21. The molecule has 0 saturated heterocycles. The Morgan fingerprint density at radius 2 is 1.76 bits per heavy atom. The van der Waals surface area contributed by atoms with Crippen molar-refractivity contribution in [1.82, 2.24) is 30.1 Å². The molecular weight excluding hydrogens is 605 g/mol. The molecule has 0 fully saturated rings. The van der Waals surface area contributed by atoms with Crippen molar-refractivity contribution in [3.63, 3.8) is 0 Å². The zero-order valence-electron chi connectivity index (χ0n) is 24.5. The normalized spacial score (nSPS) is 11.7. The molecule has 10 nitrogen and oxygen atoms in total. The molecule has 0 atom stereocenters. The van der Waals surface area contributed by atoms with E-state index in [1.807, 2.05) is 30.3 Å². The molecule has 4 aromatic heterocycles. The summed E-state index contributed by atoms with van der Waals surface area (Å²) in [6.45, 7) is 0. The Bertz CT molecular complexity index is 2370. The number of imidazole rings is 1. The number of hydrogen-bond donors (Lipinski definition) is 3. The first-order chi connectivity index (χ1) is 22.2. The van der Waals surface area contributed by atoms with Crippen LogP contribution in [-0.4, -0.2) is 56.5 Å². The molecule has 0 unspecified atom stereocenters. The van der Waals surface area contributed by atoms with Crippen LogP contribution < -0.4 is 5.32 Å². The molecule has 228 valence electrons. The number of aromatic amines is 2. The van der Waals surface area contributed by atoms with E-state index in [1.54, 1.807) is 55.0 Å². The lowest BCUT2D eigenvalue weighted by atomic mass is 10.0. The smallest absolute Gasteiger partial charge is 0.255 e. The minimum absolute atomic E-state index is 0.0710. The molecule has 0 spiro atoms. The number of aromatic nitrogens is 6. The minimum Gasteiger partial charge on any atom is -0.337 e. The number of sulfone groups is 1. The van der Waals surface area contributed by atoms with Gasteiger partial charge in [-0.25, -0.2) is 17.8 Å². The lowest BCUT2D eigenvalue weighted by Gasteiger charge is -2.07. The van der Waals surface area contributed by atoms with E-state index in [4.69, 9.17) is 4.98 Å². The summed E-state index contributed by atoms with van der Waals surface area (Å²) in [4.78, 5) is 29.8. The molecule has 12 heteroatoms. The summed E-state index contributed by atoms with van der Waals surface area (Å²) < 4.78 is 38.0. The Kier molecular flexibility index (Phi) is 7.33. The van der Waals surface area contributed by atoms with Gasteiger partial charge in [-0.1, -0.05) is 36.4 Å². The number of rotatable bonds is 8. The summed E-state index contributed by atoms with van der Waals surface area (Å²) >= 11 is 0. The maximum atomic E-state index is 14.7. The van der Waals surface area contributed by atoms with Gasteiger partial charge in [-0.3, -0.25) is 19.9 Å². The second-order valence-electron chi connectivity index (χ2n) is 11.0. The fourth-order valence-electron chi connectivity index (χ4n) is 5.33. The number of H-pyrrole nitrogens is 2. The summed E-state index contributed by atoms with van der Waals surface area (Å²) in [5.74, 6) is -0.266. The molecule has 7 aromatic rings. The first-order valence-corrected chi connectivity index (χ1v) is 16.4. The van der Waals surface area contributed by atoms with Crippen LogP contribution in [0.5, 0.6) is 0 Å². The highest BCUT2D eigenvalue weighted by molar-refractivity contribution is 7.90. The number of para-hydroxylation sites is 1. The van der Waals surface area contributed by atoms with Gasteiger partial charge in [0.25, 0.3) is 5.91 Å². The number of benzene rings is 3. The van der Waals surface area contributed by atoms with Gasteiger partial charge >= 0.3 is 0 Å². The van der Waals surface area contributed by atoms with Crippen LogP contribution in [0.2, 0.25) is 0 Å². The number of carbonyl (C=O) groups is 1. The van der Waals surface area contributed by atoms with Gasteiger partial charge < -0.3 is 10.3 Å². The van der Waals surface area contributed by atoms with Crippen molar-refractivity contribution in [3.05, 3.63) is 114 Å². The Balaban J connectivity index is 1.22. The molecule has 3 N–H and O–H groups in total. The van der Waals surface area contributed by atoms with Crippen LogP contribution in [0.25, 0.3) is 55.8 Å². The van der Waals surface area contributed by atoms with Gasteiger partial charge in [-0.05, 0) is 60.0 Å². The molecule has 4 heterocycles. The zero-order valence-corrected chi connectivity index (χ0v) is 25.3. The van der Waals surface area contributed by atoms with Crippen LogP contribution in [-0.2, 0) is 16.3 Å². The number of carbonyl (C=O) groups excluding carboxylic acids is 1. The Hall–Kier alpha value is -5.75. The summed E-state index contributed by atoms with van der Waals surface area (Å²) in [5, 5.41) is 11.2. The number of halogens is 1. The molecular formula is C34H26FN7O3S. The molecule has 3 aromatic carbocycles. The third kappa shape index (κ3) is 5.97. The van der Waals surface area contributed by atoms with Gasteiger partial charge in [0.2, 0.25) is 0 Å². The van der Waals surface area contributed by atoms with Crippen LogP contribution in [0.4, 0.5) is 10.1 Å².